The van der Waals surface area contributed by atoms with Crippen molar-refractivity contribution in [3.8, 4) is 0 Å². The van der Waals surface area contributed by atoms with E-state index in [2.05, 4.69) is 11.8 Å². The SMILES string of the molecule is CC(C1CC1)N1C=CC(C(F)F)=CC1. The second kappa shape index (κ2) is 3.71. The van der Waals surface area contributed by atoms with E-state index in [1.54, 1.807) is 6.08 Å². The van der Waals surface area contributed by atoms with Gasteiger partial charge >= 0.3 is 0 Å². The van der Waals surface area contributed by atoms with Gasteiger partial charge in [-0.1, -0.05) is 6.08 Å². The smallest absolute Gasteiger partial charge is 0.263 e. The average molecular weight is 199 g/mol. The molecule has 2 rings (SSSR count). The number of nitrogens with zero attached hydrogens (tertiary/aromatic N) is 1. The van der Waals surface area contributed by atoms with E-state index < -0.39 is 6.43 Å². The molecule has 1 aliphatic carbocycles. The van der Waals surface area contributed by atoms with Crippen LogP contribution in [0.1, 0.15) is 19.8 Å². The van der Waals surface area contributed by atoms with Crippen LogP contribution >= 0.6 is 0 Å². The van der Waals surface area contributed by atoms with Gasteiger partial charge in [0.15, 0.2) is 0 Å². The summed E-state index contributed by atoms with van der Waals surface area (Å²) in [6.45, 7) is 2.80. The van der Waals surface area contributed by atoms with Gasteiger partial charge in [-0.3, -0.25) is 0 Å². The summed E-state index contributed by atoms with van der Waals surface area (Å²) < 4.78 is 24.6. The zero-order valence-electron chi connectivity index (χ0n) is 8.29. The average Bonchev–Trinajstić information content (AvgIpc) is 3.00. The Morgan fingerprint density at radius 1 is 1.43 bits per heavy atom. The van der Waals surface area contributed by atoms with Crippen molar-refractivity contribution >= 4 is 0 Å². The van der Waals surface area contributed by atoms with Gasteiger partial charge in [0.05, 0.1) is 0 Å². The van der Waals surface area contributed by atoms with Gasteiger partial charge in [0.2, 0.25) is 0 Å². The Bertz CT molecular complexity index is 266. The molecule has 1 saturated carbocycles. The minimum Gasteiger partial charge on any atom is -0.371 e. The van der Waals surface area contributed by atoms with Gasteiger partial charge in [-0.05, 0) is 31.8 Å². The molecule has 1 unspecified atom stereocenters. The topological polar surface area (TPSA) is 3.24 Å². The van der Waals surface area contributed by atoms with Crippen LogP contribution < -0.4 is 0 Å². The van der Waals surface area contributed by atoms with E-state index in [0.717, 1.165) is 5.92 Å². The van der Waals surface area contributed by atoms with Crippen molar-refractivity contribution in [3.63, 3.8) is 0 Å². The molecule has 1 aliphatic heterocycles. The fourth-order valence-electron chi connectivity index (χ4n) is 1.83. The molecule has 14 heavy (non-hydrogen) atoms. The van der Waals surface area contributed by atoms with Gasteiger partial charge in [0.1, 0.15) is 0 Å². The molecular weight excluding hydrogens is 184 g/mol. The summed E-state index contributed by atoms with van der Waals surface area (Å²) in [6, 6.07) is 0.502. The van der Waals surface area contributed by atoms with Crippen LogP contribution in [0.25, 0.3) is 0 Å². The van der Waals surface area contributed by atoms with Crippen molar-refractivity contribution in [1.82, 2.24) is 4.90 Å². The molecule has 0 N–H and O–H groups in total. The van der Waals surface area contributed by atoms with Crippen molar-refractivity contribution in [2.75, 3.05) is 6.54 Å². The summed E-state index contributed by atoms with van der Waals surface area (Å²) in [6.07, 6.45) is 5.22. The molecule has 1 nitrogen and oxygen atoms in total. The fourth-order valence-corrected chi connectivity index (χ4v) is 1.83. The highest BCUT2D eigenvalue weighted by Gasteiger charge is 2.31. The molecule has 0 amide bonds. The van der Waals surface area contributed by atoms with Crippen molar-refractivity contribution < 1.29 is 8.78 Å². The molecule has 0 aromatic heterocycles. The molecule has 3 heteroatoms. The van der Waals surface area contributed by atoms with E-state index in [-0.39, 0.29) is 5.57 Å². The molecule has 0 aromatic carbocycles. The second-order valence-corrected chi connectivity index (χ2v) is 4.10. The van der Waals surface area contributed by atoms with Crippen LogP contribution in [-0.2, 0) is 0 Å². The molecular formula is C11H15F2N. The van der Waals surface area contributed by atoms with Crippen LogP contribution in [0.15, 0.2) is 23.9 Å². The lowest BCUT2D eigenvalue weighted by Gasteiger charge is -2.29. The number of hydrogen-bond acceptors (Lipinski definition) is 1. The Kier molecular flexibility index (Phi) is 2.57. The highest BCUT2D eigenvalue weighted by Crippen LogP contribution is 2.35. The van der Waals surface area contributed by atoms with Gasteiger partial charge in [0.25, 0.3) is 6.43 Å². The summed E-state index contributed by atoms with van der Waals surface area (Å²) in [5.41, 5.74) is 0.157. The van der Waals surface area contributed by atoms with Gasteiger partial charge < -0.3 is 4.90 Å². The Morgan fingerprint density at radius 2 is 2.14 bits per heavy atom. The second-order valence-electron chi connectivity index (χ2n) is 4.10. The van der Waals surface area contributed by atoms with E-state index in [1.807, 2.05) is 6.20 Å². The summed E-state index contributed by atoms with van der Waals surface area (Å²) in [4.78, 5) is 2.14. The third kappa shape index (κ3) is 1.97. The van der Waals surface area contributed by atoms with Crippen LogP contribution in [0.3, 0.4) is 0 Å². The first-order chi connectivity index (χ1) is 6.68. The maximum absolute atomic E-state index is 12.3. The van der Waals surface area contributed by atoms with Gasteiger partial charge in [-0.2, -0.15) is 0 Å². The lowest BCUT2D eigenvalue weighted by Crippen LogP contribution is -2.31. The zero-order chi connectivity index (χ0) is 10.1. The summed E-state index contributed by atoms with van der Waals surface area (Å²) in [7, 11) is 0. The quantitative estimate of drug-likeness (QED) is 0.675. The summed E-state index contributed by atoms with van der Waals surface area (Å²) in [5.74, 6) is 0.779. The standard InChI is InChI=1S/C11H15F2N/c1-8(9-2-3-9)14-6-4-10(5-7-14)11(12)13/h4-6,8-9,11H,2-3,7H2,1H3. The predicted molar refractivity (Wildman–Crippen MR) is 52.1 cm³/mol. The summed E-state index contributed by atoms with van der Waals surface area (Å²) in [5, 5.41) is 0. The van der Waals surface area contributed by atoms with Gasteiger partial charge in [0, 0.05) is 24.4 Å². The Hall–Kier alpha value is -0.860. The van der Waals surface area contributed by atoms with Crippen molar-refractivity contribution in [2.45, 2.75) is 32.2 Å². The number of alkyl halides is 2. The predicted octanol–water partition coefficient (Wildman–Crippen LogP) is 2.81. The maximum atomic E-state index is 12.3. The Labute approximate surface area is 83.1 Å². The zero-order valence-corrected chi connectivity index (χ0v) is 8.29. The van der Waals surface area contributed by atoms with Crippen LogP contribution in [0.2, 0.25) is 0 Å². The van der Waals surface area contributed by atoms with Gasteiger partial charge in [-0.15, -0.1) is 0 Å². The third-order valence-corrected chi connectivity index (χ3v) is 3.08. The maximum Gasteiger partial charge on any atom is 0.263 e. The Balaban J connectivity index is 1.92. The normalized spacial score (nSPS) is 24.0. The lowest BCUT2D eigenvalue weighted by molar-refractivity contribution is 0.190. The minimum absolute atomic E-state index is 0.157. The minimum atomic E-state index is -2.33. The molecule has 0 aromatic rings. The number of hydrogen-bond donors (Lipinski definition) is 0. The lowest BCUT2D eigenvalue weighted by atomic mass is 10.1. The molecule has 78 valence electrons. The van der Waals surface area contributed by atoms with Crippen molar-refractivity contribution in [3.05, 3.63) is 23.9 Å². The van der Waals surface area contributed by atoms with E-state index in [4.69, 9.17) is 0 Å². The van der Waals surface area contributed by atoms with Crippen molar-refractivity contribution in [2.24, 2.45) is 5.92 Å². The Morgan fingerprint density at radius 3 is 2.57 bits per heavy atom. The highest BCUT2D eigenvalue weighted by atomic mass is 19.3. The van der Waals surface area contributed by atoms with E-state index in [9.17, 15) is 8.78 Å². The van der Waals surface area contributed by atoms with E-state index in [1.165, 1.54) is 18.9 Å². The van der Waals surface area contributed by atoms with Crippen LogP contribution in [0.4, 0.5) is 8.78 Å². The molecule has 1 heterocycles. The van der Waals surface area contributed by atoms with Crippen LogP contribution in [0, 0.1) is 5.92 Å². The van der Waals surface area contributed by atoms with Crippen molar-refractivity contribution in [1.29, 1.82) is 0 Å². The third-order valence-electron chi connectivity index (χ3n) is 3.08. The first-order valence-corrected chi connectivity index (χ1v) is 5.10. The summed E-state index contributed by atoms with van der Waals surface area (Å²) >= 11 is 0. The van der Waals surface area contributed by atoms with Gasteiger partial charge in [-0.25, -0.2) is 8.78 Å². The van der Waals surface area contributed by atoms with E-state index in [0.29, 0.717) is 12.6 Å². The molecule has 1 fully saturated rings. The largest absolute Gasteiger partial charge is 0.371 e. The molecule has 0 spiro atoms. The molecule has 2 aliphatic rings. The first-order valence-electron chi connectivity index (χ1n) is 5.10. The monoisotopic (exact) mass is 199 g/mol. The van der Waals surface area contributed by atoms with Crippen LogP contribution in [0.5, 0.6) is 0 Å². The highest BCUT2D eigenvalue weighted by molar-refractivity contribution is 5.25. The number of rotatable bonds is 3. The molecule has 0 saturated heterocycles. The number of allylic oxidation sites excluding steroid dienone is 2. The van der Waals surface area contributed by atoms with E-state index >= 15 is 0 Å². The fraction of sp³-hybridized carbons (Fsp3) is 0.636. The molecule has 0 radical (unpaired) electrons. The van der Waals surface area contributed by atoms with Crippen LogP contribution in [-0.4, -0.2) is 23.9 Å². The molecule has 0 bridgehead atoms. The molecule has 1 atom stereocenters. The number of halogens is 2. The first kappa shape index (κ1) is 9.69.